The monoisotopic (exact) mass is 873 g/mol. The highest BCUT2D eigenvalue weighted by Crippen LogP contribution is 2.42. The van der Waals surface area contributed by atoms with Gasteiger partial charge in [-0.25, -0.2) is 4.79 Å². The summed E-state index contributed by atoms with van der Waals surface area (Å²) in [5.41, 5.74) is 4.90. The number of benzene rings is 4. The van der Waals surface area contributed by atoms with Crippen LogP contribution in [0.5, 0.6) is 11.5 Å². The van der Waals surface area contributed by atoms with Crippen molar-refractivity contribution in [2.24, 2.45) is 11.8 Å². The molecule has 334 valence electrons. The molecule has 0 bridgehead atoms. The van der Waals surface area contributed by atoms with Gasteiger partial charge in [0, 0.05) is 63.3 Å². The van der Waals surface area contributed by atoms with Gasteiger partial charge in [-0.2, -0.15) is 0 Å². The van der Waals surface area contributed by atoms with Crippen LogP contribution in [0, 0.1) is 11.8 Å². The first-order chi connectivity index (χ1) is 30.1. The lowest BCUT2D eigenvalue weighted by Crippen LogP contribution is -2.44. The summed E-state index contributed by atoms with van der Waals surface area (Å²) in [5.74, 6) is 1.73. The summed E-state index contributed by atoms with van der Waals surface area (Å²) in [6.45, 7) is 15.6. The number of likely N-dealkylation sites (N-methyl/N-ethyl adjacent to an activating group) is 1. The number of amides is 2. The molecule has 12 nitrogen and oxygen atoms in total. The van der Waals surface area contributed by atoms with Gasteiger partial charge < -0.3 is 34.2 Å². The number of likely N-dealkylation sites (tertiary alicyclic amines) is 1. The lowest BCUT2D eigenvalue weighted by molar-refractivity contribution is -0.130. The zero-order chi connectivity index (χ0) is 44.7. The van der Waals surface area contributed by atoms with Gasteiger partial charge in [-0.3, -0.25) is 19.8 Å². The number of phenolic OH excluding ortho intramolecular Hbond substituents is 1. The maximum absolute atomic E-state index is 13.1. The number of nitrogens with zero attached hydrogens (tertiary/aromatic N) is 2. The van der Waals surface area contributed by atoms with E-state index in [-0.39, 0.29) is 47.5 Å². The van der Waals surface area contributed by atoms with Crippen molar-refractivity contribution in [2.45, 2.75) is 76.9 Å². The Balaban J connectivity index is 0.829. The molecule has 1 saturated carbocycles. The average molecular weight is 874 g/mol. The summed E-state index contributed by atoms with van der Waals surface area (Å²) < 4.78 is 18.9. The van der Waals surface area contributed by atoms with Crippen molar-refractivity contribution in [1.29, 1.82) is 0 Å². The molecular weight excluding hydrogens is 811 g/mol. The Kier molecular flexibility index (Phi) is 14.4. The Hall–Kier alpha value is -5.47. The topological polar surface area (TPSA) is 145 Å². The van der Waals surface area contributed by atoms with Gasteiger partial charge in [0.05, 0.1) is 30.3 Å². The van der Waals surface area contributed by atoms with E-state index in [1.165, 1.54) is 6.07 Å². The van der Waals surface area contributed by atoms with Crippen molar-refractivity contribution in [3.8, 4) is 22.6 Å². The average Bonchev–Trinajstić information content (AvgIpc) is 3.80. The van der Waals surface area contributed by atoms with Crippen LogP contribution < -0.4 is 20.9 Å². The first-order valence-electron chi connectivity index (χ1n) is 22.2. The number of phenols is 1. The molecule has 0 spiro atoms. The molecule has 1 aromatic heterocycles. The maximum Gasteiger partial charge on any atom is 0.411 e. The number of carbonyl (C=O) groups is 2. The Morgan fingerprint density at radius 2 is 1.67 bits per heavy atom. The molecule has 2 heterocycles. The van der Waals surface area contributed by atoms with Gasteiger partial charge in [-0.15, -0.1) is 0 Å². The second-order valence-corrected chi connectivity index (χ2v) is 23.4. The molecule has 63 heavy (non-hydrogen) atoms. The van der Waals surface area contributed by atoms with Crippen molar-refractivity contribution < 1.29 is 28.6 Å². The molecule has 0 unspecified atom stereocenters. The summed E-state index contributed by atoms with van der Waals surface area (Å²) >= 11 is 0. The van der Waals surface area contributed by atoms with Crippen LogP contribution in [-0.4, -0.2) is 92.7 Å². The summed E-state index contributed by atoms with van der Waals surface area (Å²) in [5, 5.41) is 17.7. The predicted molar refractivity (Wildman–Crippen MR) is 252 cm³/mol. The Morgan fingerprint density at radius 1 is 0.937 bits per heavy atom. The zero-order valence-electron chi connectivity index (χ0n) is 37.5. The highest BCUT2D eigenvalue weighted by Gasteiger charge is 2.42. The fourth-order valence-electron chi connectivity index (χ4n) is 8.65. The molecule has 5 aromatic rings. The fraction of sp³-hybridized carbons (Fsp3) is 0.420. The van der Waals surface area contributed by atoms with E-state index in [0.717, 1.165) is 71.6 Å². The lowest BCUT2D eigenvalue weighted by atomic mass is 10.0. The molecule has 13 heteroatoms. The first kappa shape index (κ1) is 45.5. The Morgan fingerprint density at radius 3 is 2.41 bits per heavy atom. The molecule has 1 saturated heterocycles. The number of hydrogen-bond acceptors (Lipinski definition) is 9. The Labute approximate surface area is 372 Å². The van der Waals surface area contributed by atoms with Crippen LogP contribution in [0.15, 0.2) is 108 Å². The summed E-state index contributed by atoms with van der Waals surface area (Å²) in [6.07, 6.45) is 1.15. The van der Waals surface area contributed by atoms with E-state index >= 15 is 0 Å². The predicted octanol–water partition coefficient (Wildman–Crippen LogP) is 8.94. The summed E-state index contributed by atoms with van der Waals surface area (Å²) in [7, 11) is -0.415. The minimum Gasteiger partial charge on any atom is -0.506 e. The van der Waals surface area contributed by atoms with Crippen molar-refractivity contribution in [3.05, 3.63) is 125 Å². The number of hydrogen-bond donors (Lipinski definition) is 4. The number of ether oxygens (including phenoxy) is 2. The van der Waals surface area contributed by atoms with Crippen molar-refractivity contribution in [2.75, 3.05) is 51.7 Å². The lowest BCUT2D eigenvalue weighted by Gasteiger charge is -2.39. The van der Waals surface area contributed by atoms with Crippen molar-refractivity contribution in [1.82, 2.24) is 20.1 Å². The van der Waals surface area contributed by atoms with Gasteiger partial charge in [-0.05, 0) is 89.8 Å². The molecule has 0 radical (unpaired) electrons. The van der Waals surface area contributed by atoms with Crippen LogP contribution in [0.3, 0.4) is 0 Å². The van der Waals surface area contributed by atoms with E-state index in [1.54, 1.807) is 24.1 Å². The number of fused-ring (bicyclic) bond motifs is 2. The molecule has 7 rings (SSSR count). The minimum absolute atomic E-state index is 0.00381. The number of aromatic amines is 1. The molecule has 4 aromatic carbocycles. The second kappa shape index (κ2) is 19.9. The van der Waals surface area contributed by atoms with E-state index in [1.807, 2.05) is 72.8 Å². The van der Waals surface area contributed by atoms with Crippen molar-refractivity contribution >= 4 is 36.9 Å². The fourth-order valence-corrected chi connectivity index (χ4v) is 9.93. The van der Waals surface area contributed by atoms with Crippen LogP contribution in [0.1, 0.15) is 57.3 Å². The largest absolute Gasteiger partial charge is 0.506 e. The third-order valence-electron chi connectivity index (χ3n) is 13.1. The molecular formula is C50H63N5O7Si. The van der Waals surface area contributed by atoms with Crippen LogP contribution in [0.2, 0.25) is 18.1 Å². The highest BCUT2D eigenvalue weighted by molar-refractivity contribution is 6.74. The number of rotatable bonds is 17. The molecule has 1 aliphatic carbocycles. The van der Waals surface area contributed by atoms with E-state index in [4.69, 9.17) is 13.9 Å². The van der Waals surface area contributed by atoms with Crippen LogP contribution >= 0.6 is 0 Å². The summed E-state index contributed by atoms with van der Waals surface area (Å²) in [4.78, 5) is 45.1. The molecule has 2 aliphatic rings. The second-order valence-electron chi connectivity index (χ2n) is 18.7. The molecule has 1 aliphatic heterocycles. The molecule has 4 atom stereocenters. The number of nitrogens with one attached hydrogen (secondary N) is 3. The third kappa shape index (κ3) is 11.6. The number of H-pyrrole nitrogens is 1. The zero-order valence-corrected chi connectivity index (χ0v) is 38.5. The normalized spacial score (nSPS) is 18.2. The van der Waals surface area contributed by atoms with Gasteiger partial charge in [0.2, 0.25) is 11.5 Å². The standard InChI is InChI=1S/C50H63N5O7Si/c1-50(2,3)63(5,6)62-45(41-19-21-44(56)48-42(41)20-22-46(57)53-48)30-51-24-25-54(4)47(58)23-26-60-38-16-12-13-34(27-38)31-55-32-36-28-39(29-37(36)33-55)61-49(59)52-43-18-11-10-17-40(43)35-14-8-7-9-15-35/h7-22,27,36-37,39,45,51,56H,23-26,28-33H2,1-6H3,(H,52,59)(H,53,57)/t36-,37+,39+,45-/m0/s1. The van der Waals surface area contributed by atoms with Gasteiger partial charge in [-0.1, -0.05) is 87.5 Å². The van der Waals surface area contributed by atoms with Gasteiger partial charge in [0.1, 0.15) is 17.6 Å². The van der Waals surface area contributed by atoms with Gasteiger partial charge in [0.25, 0.3) is 0 Å². The van der Waals surface area contributed by atoms with E-state index in [9.17, 15) is 19.5 Å². The molecule has 2 fully saturated rings. The van der Waals surface area contributed by atoms with Gasteiger partial charge >= 0.3 is 6.09 Å². The third-order valence-corrected chi connectivity index (χ3v) is 17.6. The maximum atomic E-state index is 13.1. The number of aromatic nitrogens is 1. The number of carbonyl (C=O) groups excluding carboxylic acids is 2. The molecule has 2 amide bonds. The van der Waals surface area contributed by atoms with Crippen LogP contribution in [0.25, 0.3) is 22.0 Å². The summed E-state index contributed by atoms with van der Waals surface area (Å²) in [6, 6.07) is 32.6. The number of para-hydroxylation sites is 1. The van der Waals surface area contributed by atoms with Crippen LogP contribution in [0.4, 0.5) is 10.5 Å². The van der Waals surface area contributed by atoms with E-state index in [0.29, 0.717) is 37.0 Å². The minimum atomic E-state index is -2.22. The van der Waals surface area contributed by atoms with Crippen molar-refractivity contribution in [3.63, 3.8) is 0 Å². The SMILES string of the molecule is CN(CCNC[C@H](O[Si](C)(C)C(C)(C)C)c1ccc(O)c2[nH]c(=O)ccc12)C(=O)CCOc1cccc(CN2C[C@H]3C[C@H](OC(=O)Nc4ccccc4-c4ccccc4)C[C@H]3C2)c1. The quantitative estimate of drug-likeness (QED) is 0.0532. The van der Waals surface area contributed by atoms with Gasteiger partial charge in [0.15, 0.2) is 8.32 Å². The Bertz CT molecular complexity index is 2400. The number of pyridine rings is 1. The van der Waals surface area contributed by atoms with E-state index in [2.05, 4.69) is 66.5 Å². The van der Waals surface area contributed by atoms with Crippen LogP contribution in [-0.2, 0) is 20.5 Å². The highest BCUT2D eigenvalue weighted by atomic mass is 28.4. The first-order valence-corrected chi connectivity index (χ1v) is 25.1. The smallest absolute Gasteiger partial charge is 0.411 e. The molecule has 4 N–H and O–H groups in total. The number of anilines is 1. The number of aromatic hydroxyl groups is 1. The van der Waals surface area contributed by atoms with E-state index < -0.39 is 14.4 Å².